The van der Waals surface area contributed by atoms with E-state index in [-0.39, 0.29) is 22.5 Å². The second-order valence-electron chi connectivity index (χ2n) is 5.92. The maximum absolute atomic E-state index is 13.0. The quantitative estimate of drug-likeness (QED) is 0.649. The van der Waals surface area contributed by atoms with Crippen molar-refractivity contribution >= 4 is 38.9 Å². The number of ether oxygens (including phenoxy) is 2. The first-order valence-electron chi connectivity index (χ1n) is 7.97. The number of nitrogens with one attached hydrogen (secondary N) is 1. The van der Waals surface area contributed by atoms with E-state index in [4.69, 9.17) is 25.6 Å². The maximum Gasteiger partial charge on any atom is 0.264 e. The van der Waals surface area contributed by atoms with E-state index < -0.39 is 21.8 Å². The van der Waals surface area contributed by atoms with Crippen molar-refractivity contribution in [2.75, 3.05) is 6.79 Å². The summed E-state index contributed by atoms with van der Waals surface area (Å²) in [6.07, 6.45) is 0. The van der Waals surface area contributed by atoms with Gasteiger partial charge in [0.05, 0.1) is 10.6 Å². The zero-order valence-electron chi connectivity index (χ0n) is 14.3. The van der Waals surface area contributed by atoms with Crippen LogP contribution in [0.15, 0.2) is 44.4 Å². The van der Waals surface area contributed by atoms with E-state index >= 15 is 0 Å². The molecule has 3 aromatic rings. The Morgan fingerprint density at radius 2 is 2.07 bits per heavy atom. The number of aromatic nitrogens is 1. The van der Waals surface area contributed by atoms with E-state index in [1.165, 1.54) is 22.8 Å². The summed E-state index contributed by atoms with van der Waals surface area (Å²) in [5.41, 5.74) is 0.802. The van der Waals surface area contributed by atoms with Gasteiger partial charge in [-0.1, -0.05) is 22.8 Å². The van der Waals surface area contributed by atoms with E-state index in [1.54, 1.807) is 30.5 Å². The van der Waals surface area contributed by atoms with Crippen LogP contribution in [-0.4, -0.2) is 26.3 Å². The van der Waals surface area contributed by atoms with Crippen molar-refractivity contribution in [3.8, 4) is 11.5 Å². The predicted octanol–water partition coefficient (Wildman–Crippen LogP) is 3.06. The Morgan fingerprint density at radius 3 is 2.75 bits per heavy atom. The Bertz CT molecular complexity index is 1140. The summed E-state index contributed by atoms with van der Waals surface area (Å²) in [5.74, 6) is -0.993. The highest BCUT2D eigenvalue weighted by Crippen LogP contribution is 2.39. The van der Waals surface area contributed by atoms with Crippen molar-refractivity contribution in [3.63, 3.8) is 0 Å². The highest BCUT2D eigenvalue weighted by molar-refractivity contribution is 7.90. The van der Waals surface area contributed by atoms with E-state index in [0.717, 1.165) is 0 Å². The molecular weight excluding hydrogens is 428 g/mol. The fourth-order valence-corrected chi connectivity index (χ4v) is 4.93. The fraction of sp³-hybridized carbons (Fsp3) is 0.176. The minimum atomic E-state index is -4.04. The van der Waals surface area contributed by atoms with Gasteiger partial charge in [-0.05, 0) is 36.1 Å². The minimum Gasteiger partial charge on any atom is -0.454 e. The number of sulfonamides is 1. The van der Waals surface area contributed by atoms with Crippen molar-refractivity contribution in [3.05, 3.63) is 57.1 Å². The number of carbonyl (C=O) groups is 1. The van der Waals surface area contributed by atoms with Crippen molar-refractivity contribution in [1.82, 2.24) is 9.88 Å². The van der Waals surface area contributed by atoms with Crippen molar-refractivity contribution in [1.29, 1.82) is 0 Å². The van der Waals surface area contributed by atoms with Gasteiger partial charge in [0.2, 0.25) is 12.7 Å². The SMILES string of the molecule is Cc1noc(C(C(=O)NS(=O)(=O)c2ccsc2)c2ccc3c(c2)OCO3)c1Cl. The summed E-state index contributed by atoms with van der Waals surface area (Å²) in [5, 5.41) is 6.95. The van der Waals surface area contributed by atoms with E-state index in [0.29, 0.717) is 22.8 Å². The van der Waals surface area contributed by atoms with E-state index in [2.05, 4.69) is 9.88 Å². The van der Waals surface area contributed by atoms with Gasteiger partial charge in [0.15, 0.2) is 17.3 Å². The molecule has 0 bridgehead atoms. The van der Waals surface area contributed by atoms with Crippen LogP contribution in [0.2, 0.25) is 5.02 Å². The van der Waals surface area contributed by atoms with Crippen molar-refractivity contribution in [2.45, 2.75) is 17.7 Å². The van der Waals surface area contributed by atoms with Crippen molar-refractivity contribution in [2.24, 2.45) is 0 Å². The number of fused-ring (bicyclic) bond motifs is 1. The van der Waals surface area contributed by atoms with Gasteiger partial charge >= 0.3 is 0 Å². The molecular formula is C17H13ClN2O6S2. The molecule has 0 saturated heterocycles. The van der Waals surface area contributed by atoms with Crippen LogP contribution in [0, 0.1) is 6.92 Å². The number of benzene rings is 1. The first kappa shape index (κ1) is 18.8. The molecule has 0 spiro atoms. The normalized spacial score (nSPS) is 14.1. The zero-order chi connectivity index (χ0) is 19.9. The molecule has 2 aromatic heterocycles. The molecule has 1 amide bonds. The predicted molar refractivity (Wildman–Crippen MR) is 100 cm³/mol. The average Bonchev–Trinajstić information content (AvgIpc) is 3.39. The molecule has 1 aliphatic heterocycles. The first-order valence-corrected chi connectivity index (χ1v) is 10.8. The van der Waals surface area contributed by atoms with Gasteiger partial charge in [0.25, 0.3) is 10.0 Å². The second-order valence-corrected chi connectivity index (χ2v) is 8.76. The Morgan fingerprint density at radius 1 is 1.29 bits per heavy atom. The molecule has 1 aromatic carbocycles. The van der Waals surface area contributed by atoms with Crippen molar-refractivity contribution < 1.29 is 27.2 Å². The average molecular weight is 441 g/mol. The van der Waals surface area contributed by atoms with Gasteiger partial charge < -0.3 is 14.0 Å². The first-order chi connectivity index (χ1) is 13.4. The molecule has 8 nitrogen and oxygen atoms in total. The topological polar surface area (TPSA) is 108 Å². The molecule has 1 atom stereocenters. The third kappa shape index (κ3) is 3.34. The summed E-state index contributed by atoms with van der Waals surface area (Å²) in [6.45, 7) is 1.68. The van der Waals surface area contributed by atoms with Crippen LogP contribution >= 0.6 is 22.9 Å². The Kier molecular flexibility index (Phi) is 4.77. The number of amides is 1. The number of rotatable bonds is 5. The number of hydrogen-bond donors (Lipinski definition) is 1. The molecule has 4 rings (SSSR count). The third-order valence-corrected chi connectivity index (χ3v) is 6.75. The van der Waals surface area contributed by atoms with Crippen LogP contribution in [0.3, 0.4) is 0 Å². The largest absolute Gasteiger partial charge is 0.454 e. The number of hydrogen-bond acceptors (Lipinski definition) is 8. The molecule has 146 valence electrons. The zero-order valence-corrected chi connectivity index (χ0v) is 16.7. The Hall–Kier alpha value is -2.56. The lowest BCUT2D eigenvalue weighted by atomic mass is 9.95. The molecule has 28 heavy (non-hydrogen) atoms. The third-order valence-electron chi connectivity index (χ3n) is 4.11. The summed E-state index contributed by atoms with van der Waals surface area (Å²) in [4.78, 5) is 13.0. The van der Waals surface area contributed by atoms with Gasteiger partial charge in [-0.15, -0.1) is 0 Å². The Balaban J connectivity index is 1.75. The molecule has 0 aliphatic carbocycles. The second kappa shape index (κ2) is 7.12. The van der Waals surface area contributed by atoms with E-state index in [1.807, 2.05) is 0 Å². The molecule has 1 unspecified atom stereocenters. The Labute approximate surface area is 169 Å². The number of thiophene rings is 1. The molecule has 1 N–H and O–H groups in total. The van der Waals surface area contributed by atoms with Gasteiger partial charge in [-0.3, -0.25) is 4.79 Å². The van der Waals surface area contributed by atoms with Gasteiger partial charge in [0, 0.05) is 5.38 Å². The lowest BCUT2D eigenvalue weighted by Gasteiger charge is -2.15. The summed E-state index contributed by atoms with van der Waals surface area (Å²) < 4.78 is 43.0. The van der Waals surface area contributed by atoms with Gasteiger partial charge in [-0.25, -0.2) is 13.1 Å². The number of carbonyl (C=O) groups excluding carboxylic acids is 1. The van der Waals surface area contributed by atoms with Crippen LogP contribution < -0.4 is 14.2 Å². The molecule has 0 fully saturated rings. The van der Waals surface area contributed by atoms with Gasteiger partial charge in [0.1, 0.15) is 10.9 Å². The van der Waals surface area contributed by atoms with Crippen LogP contribution in [0.1, 0.15) is 22.9 Å². The molecule has 0 saturated carbocycles. The van der Waals surface area contributed by atoms with E-state index in [9.17, 15) is 13.2 Å². The molecule has 1 aliphatic rings. The van der Waals surface area contributed by atoms with Crippen LogP contribution in [0.4, 0.5) is 0 Å². The lowest BCUT2D eigenvalue weighted by molar-refractivity contribution is -0.120. The molecule has 11 heteroatoms. The number of aryl methyl sites for hydroxylation is 1. The number of halogens is 1. The maximum atomic E-state index is 13.0. The lowest BCUT2D eigenvalue weighted by Crippen LogP contribution is -2.35. The smallest absolute Gasteiger partial charge is 0.264 e. The molecule has 0 radical (unpaired) electrons. The highest BCUT2D eigenvalue weighted by atomic mass is 35.5. The van der Waals surface area contributed by atoms with Crippen LogP contribution in [0.25, 0.3) is 0 Å². The minimum absolute atomic E-state index is 0.00451. The summed E-state index contributed by atoms with van der Waals surface area (Å²) >= 11 is 7.45. The molecule has 3 heterocycles. The fourth-order valence-electron chi connectivity index (χ4n) is 2.73. The number of nitrogens with zero attached hydrogens (tertiary/aromatic N) is 1. The highest BCUT2D eigenvalue weighted by Gasteiger charge is 2.34. The summed E-state index contributed by atoms with van der Waals surface area (Å²) in [6, 6.07) is 6.23. The monoisotopic (exact) mass is 440 g/mol. The van der Waals surface area contributed by atoms with Crippen LogP contribution in [-0.2, 0) is 14.8 Å². The standard InChI is InChI=1S/C17H13ClN2O6S2/c1-9-15(18)16(26-19-9)14(10-2-3-12-13(6-10)25-8-24-12)17(21)20-28(22,23)11-4-5-27-7-11/h2-7,14H,8H2,1H3,(H,20,21). The van der Waals surface area contributed by atoms with Crippen LogP contribution in [0.5, 0.6) is 11.5 Å². The van der Waals surface area contributed by atoms with Gasteiger partial charge in [-0.2, -0.15) is 11.3 Å². The summed E-state index contributed by atoms with van der Waals surface area (Å²) in [7, 11) is -4.04.